The molecule has 2 atom stereocenters. The predicted molar refractivity (Wildman–Crippen MR) is 101 cm³/mol. The highest BCUT2D eigenvalue weighted by atomic mass is 19.1. The first kappa shape index (κ1) is 17.0. The molecule has 2 aliphatic rings. The molecule has 0 saturated carbocycles. The van der Waals surface area contributed by atoms with Gasteiger partial charge in [-0.1, -0.05) is 57.2 Å². The number of allylic oxidation sites excluding steroid dienone is 2. The minimum atomic E-state index is -1.24. The SMILES string of the molecule is CC[C@]1(c2ccccc2)C2=C(Nc3ncccc31)[C@@H](F)C(C)(C)CC2=O. The lowest BCUT2D eigenvalue weighted by Crippen LogP contribution is -2.48. The Labute approximate surface area is 153 Å². The van der Waals surface area contributed by atoms with Gasteiger partial charge in [-0.2, -0.15) is 0 Å². The summed E-state index contributed by atoms with van der Waals surface area (Å²) in [5, 5.41) is 3.17. The molecule has 2 aromatic rings. The summed E-state index contributed by atoms with van der Waals surface area (Å²) in [6, 6.07) is 13.8. The van der Waals surface area contributed by atoms with E-state index in [2.05, 4.69) is 17.2 Å². The summed E-state index contributed by atoms with van der Waals surface area (Å²) in [5.41, 5.74) is 1.50. The third-order valence-electron chi connectivity index (χ3n) is 5.85. The van der Waals surface area contributed by atoms with Gasteiger partial charge >= 0.3 is 0 Å². The highest BCUT2D eigenvalue weighted by Crippen LogP contribution is 2.54. The molecular weight excluding hydrogens is 327 g/mol. The summed E-state index contributed by atoms with van der Waals surface area (Å²) in [7, 11) is 0. The van der Waals surface area contributed by atoms with E-state index in [0.29, 0.717) is 23.5 Å². The second-order valence-electron chi connectivity index (χ2n) is 7.89. The van der Waals surface area contributed by atoms with Gasteiger partial charge in [-0.3, -0.25) is 4.79 Å². The number of alkyl halides is 1. The van der Waals surface area contributed by atoms with Crippen molar-refractivity contribution in [2.45, 2.75) is 45.2 Å². The molecule has 0 bridgehead atoms. The van der Waals surface area contributed by atoms with Gasteiger partial charge < -0.3 is 5.32 Å². The fourth-order valence-corrected chi connectivity index (χ4v) is 4.56. The van der Waals surface area contributed by atoms with Crippen LogP contribution in [0, 0.1) is 5.41 Å². The first-order valence-electron chi connectivity index (χ1n) is 9.12. The van der Waals surface area contributed by atoms with E-state index in [9.17, 15) is 4.79 Å². The Morgan fingerprint density at radius 3 is 2.62 bits per heavy atom. The molecule has 3 nitrogen and oxygen atoms in total. The van der Waals surface area contributed by atoms with Crippen molar-refractivity contribution >= 4 is 11.6 Å². The lowest BCUT2D eigenvalue weighted by Gasteiger charge is -2.47. The molecule has 1 aromatic heterocycles. The summed E-state index contributed by atoms with van der Waals surface area (Å²) in [4.78, 5) is 17.7. The number of Topliss-reactive ketones (excluding diaryl/α,β-unsaturated/α-hetero) is 1. The lowest BCUT2D eigenvalue weighted by molar-refractivity contribution is -0.120. The Bertz CT molecular complexity index is 903. The molecule has 1 aromatic carbocycles. The van der Waals surface area contributed by atoms with Crippen LogP contribution in [0.25, 0.3) is 0 Å². The minimum absolute atomic E-state index is 0.0200. The second kappa shape index (κ2) is 5.76. The molecule has 0 amide bonds. The number of carbonyl (C=O) groups excluding carboxylic acids is 1. The van der Waals surface area contributed by atoms with Crippen LogP contribution in [0.1, 0.15) is 44.7 Å². The predicted octanol–water partition coefficient (Wildman–Crippen LogP) is 4.79. The van der Waals surface area contributed by atoms with Crippen LogP contribution in [-0.2, 0) is 10.2 Å². The molecule has 2 heterocycles. The third-order valence-corrected chi connectivity index (χ3v) is 5.85. The van der Waals surface area contributed by atoms with Crippen LogP contribution in [0.2, 0.25) is 0 Å². The summed E-state index contributed by atoms with van der Waals surface area (Å²) in [5.74, 6) is 0.664. The van der Waals surface area contributed by atoms with Gasteiger partial charge in [0.2, 0.25) is 0 Å². The average Bonchev–Trinajstić information content (AvgIpc) is 2.65. The van der Waals surface area contributed by atoms with E-state index in [1.807, 2.05) is 56.3 Å². The van der Waals surface area contributed by atoms with Crippen LogP contribution in [0.5, 0.6) is 0 Å². The van der Waals surface area contributed by atoms with Gasteiger partial charge in [0.15, 0.2) is 5.78 Å². The van der Waals surface area contributed by atoms with E-state index in [1.54, 1.807) is 6.20 Å². The first-order valence-corrected chi connectivity index (χ1v) is 9.12. The van der Waals surface area contributed by atoms with Crippen molar-refractivity contribution in [3.05, 3.63) is 71.1 Å². The number of anilines is 1. The Balaban J connectivity index is 2.08. The van der Waals surface area contributed by atoms with Crippen LogP contribution in [0.15, 0.2) is 59.9 Å². The monoisotopic (exact) mass is 350 g/mol. The number of ketones is 1. The van der Waals surface area contributed by atoms with Crippen LogP contribution in [-0.4, -0.2) is 16.9 Å². The van der Waals surface area contributed by atoms with Gasteiger partial charge in [0.1, 0.15) is 12.0 Å². The zero-order valence-electron chi connectivity index (χ0n) is 15.3. The molecule has 1 aliphatic carbocycles. The van der Waals surface area contributed by atoms with Crippen LogP contribution >= 0.6 is 0 Å². The van der Waals surface area contributed by atoms with Crippen molar-refractivity contribution in [1.82, 2.24) is 4.98 Å². The Morgan fingerprint density at radius 1 is 1.19 bits per heavy atom. The van der Waals surface area contributed by atoms with Gasteiger partial charge in [-0.15, -0.1) is 0 Å². The molecule has 4 heteroatoms. The van der Waals surface area contributed by atoms with E-state index >= 15 is 4.39 Å². The van der Waals surface area contributed by atoms with E-state index in [1.165, 1.54) is 0 Å². The van der Waals surface area contributed by atoms with Crippen molar-refractivity contribution in [2.75, 3.05) is 5.32 Å². The molecule has 0 spiro atoms. The molecule has 134 valence electrons. The highest BCUT2D eigenvalue weighted by molar-refractivity contribution is 6.03. The summed E-state index contributed by atoms with van der Waals surface area (Å²) in [6.45, 7) is 5.68. The largest absolute Gasteiger partial charge is 0.341 e. The summed E-state index contributed by atoms with van der Waals surface area (Å²) in [6.07, 6.45) is 1.33. The topological polar surface area (TPSA) is 42.0 Å². The quantitative estimate of drug-likeness (QED) is 0.846. The standard InChI is InChI=1S/C22H23FN2O/c1-4-22(14-9-6-5-7-10-14)15-11-8-12-24-20(15)25-18-17(22)16(26)13-21(2,3)19(18)23/h5-12,19H,4,13H2,1-3H3,(H,24,25)/t19-,22-/m1/s1. The van der Waals surface area contributed by atoms with E-state index in [4.69, 9.17) is 0 Å². The number of hydrogen-bond donors (Lipinski definition) is 1. The number of hydrogen-bond acceptors (Lipinski definition) is 3. The summed E-state index contributed by atoms with van der Waals surface area (Å²) < 4.78 is 15.5. The van der Waals surface area contributed by atoms with E-state index < -0.39 is 17.0 Å². The average molecular weight is 350 g/mol. The fraction of sp³-hybridized carbons (Fsp3) is 0.364. The molecule has 0 unspecified atom stereocenters. The van der Waals surface area contributed by atoms with Gasteiger partial charge in [-0.25, -0.2) is 9.37 Å². The fourth-order valence-electron chi connectivity index (χ4n) is 4.56. The molecule has 1 N–H and O–H groups in total. The number of halogens is 1. The second-order valence-corrected chi connectivity index (χ2v) is 7.89. The van der Waals surface area contributed by atoms with Gasteiger partial charge in [-0.05, 0) is 18.1 Å². The van der Waals surface area contributed by atoms with Crippen molar-refractivity contribution in [3.8, 4) is 0 Å². The molecule has 1 aliphatic heterocycles. The summed E-state index contributed by atoms with van der Waals surface area (Å²) >= 11 is 0. The maximum absolute atomic E-state index is 15.5. The van der Waals surface area contributed by atoms with Crippen LogP contribution in [0.3, 0.4) is 0 Å². The maximum Gasteiger partial charge on any atom is 0.162 e. The number of pyridine rings is 1. The zero-order chi connectivity index (χ0) is 18.5. The molecule has 0 radical (unpaired) electrons. The number of rotatable bonds is 2. The minimum Gasteiger partial charge on any atom is -0.341 e. The van der Waals surface area contributed by atoms with Gasteiger partial charge in [0.25, 0.3) is 0 Å². The molecule has 0 saturated heterocycles. The van der Waals surface area contributed by atoms with Crippen LogP contribution in [0.4, 0.5) is 10.2 Å². The van der Waals surface area contributed by atoms with Crippen molar-refractivity contribution < 1.29 is 9.18 Å². The molecule has 4 rings (SSSR count). The maximum atomic E-state index is 15.5. The van der Waals surface area contributed by atoms with Crippen molar-refractivity contribution in [2.24, 2.45) is 5.41 Å². The van der Waals surface area contributed by atoms with Gasteiger partial charge in [0.05, 0.1) is 11.1 Å². The highest BCUT2D eigenvalue weighted by Gasteiger charge is 2.53. The molecular formula is C22H23FN2O. The first-order chi connectivity index (χ1) is 12.4. The molecule has 26 heavy (non-hydrogen) atoms. The number of aromatic nitrogens is 1. The van der Waals surface area contributed by atoms with Crippen molar-refractivity contribution in [3.63, 3.8) is 0 Å². The number of nitrogens with zero attached hydrogens (tertiary/aromatic N) is 1. The third kappa shape index (κ3) is 2.17. The number of benzene rings is 1. The Kier molecular flexibility index (Phi) is 3.76. The smallest absolute Gasteiger partial charge is 0.162 e. The normalized spacial score (nSPS) is 26.8. The van der Waals surface area contributed by atoms with E-state index in [0.717, 1.165) is 11.1 Å². The van der Waals surface area contributed by atoms with Gasteiger partial charge in [0, 0.05) is 29.2 Å². The number of fused-ring (bicyclic) bond motifs is 1. The van der Waals surface area contributed by atoms with E-state index in [-0.39, 0.29) is 12.2 Å². The number of carbonyl (C=O) groups is 1. The van der Waals surface area contributed by atoms with Crippen LogP contribution < -0.4 is 5.32 Å². The number of nitrogens with one attached hydrogen (secondary N) is 1. The zero-order valence-corrected chi connectivity index (χ0v) is 15.3. The lowest BCUT2D eigenvalue weighted by atomic mass is 9.59. The Morgan fingerprint density at radius 2 is 1.92 bits per heavy atom. The Hall–Kier alpha value is -2.49. The molecule has 0 fully saturated rings. The van der Waals surface area contributed by atoms with Crippen molar-refractivity contribution in [1.29, 1.82) is 0 Å².